The third-order valence-electron chi connectivity index (χ3n) is 4.52. The van der Waals surface area contributed by atoms with Crippen LogP contribution in [0.3, 0.4) is 0 Å². The molecule has 1 amide bonds. The summed E-state index contributed by atoms with van der Waals surface area (Å²) < 4.78 is 0. The molecule has 2 rings (SSSR count). The summed E-state index contributed by atoms with van der Waals surface area (Å²) in [6.07, 6.45) is 7.47. The maximum Gasteiger partial charge on any atom is 0.226 e. The van der Waals surface area contributed by atoms with E-state index < -0.39 is 0 Å². The molecule has 0 aromatic heterocycles. The number of nitrogens with zero attached hydrogens (tertiary/aromatic N) is 1. The van der Waals surface area contributed by atoms with Crippen LogP contribution >= 0.6 is 12.2 Å². The highest BCUT2D eigenvalue weighted by Gasteiger charge is 2.18. The third-order valence-corrected chi connectivity index (χ3v) is 4.72. The van der Waals surface area contributed by atoms with Crippen molar-refractivity contribution in [3.63, 3.8) is 0 Å². The van der Waals surface area contributed by atoms with Crippen LogP contribution in [0.2, 0.25) is 0 Å². The van der Waals surface area contributed by atoms with Crippen molar-refractivity contribution in [1.82, 2.24) is 5.32 Å². The molecule has 1 unspecified atom stereocenters. The van der Waals surface area contributed by atoms with Crippen molar-refractivity contribution in [3.8, 4) is 0 Å². The maximum absolute atomic E-state index is 11.8. The fourth-order valence-electron chi connectivity index (χ4n) is 3.10. The van der Waals surface area contributed by atoms with Crippen LogP contribution in [-0.2, 0) is 4.79 Å². The molecule has 1 aliphatic heterocycles. The molecule has 0 bridgehead atoms. The first-order valence-electron chi connectivity index (χ1n) is 9.07. The lowest BCUT2D eigenvalue weighted by Crippen LogP contribution is -2.37. The fraction of sp³-hybridized carbons (Fsp3) is 0.579. The predicted molar refractivity (Wildman–Crippen MR) is 106 cm³/mol. The summed E-state index contributed by atoms with van der Waals surface area (Å²) in [5.41, 5.74) is 2.16. The van der Waals surface area contributed by atoms with E-state index in [1.54, 1.807) is 0 Å². The molecule has 1 saturated heterocycles. The monoisotopic (exact) mass is 347 g/mol. The molecule has 1 heterocycles. The number of piperidine rings is 1. The molecule has 5 heteroatoms. The Hall–Kier alpha value is -1.62. The Morgan fingerprint density at radius 1 is 1.25 bits per heavy atom. The lowest BCUT2D eigenvalue weighted by Gasteiger charge is -2.35. The van der Waals surface area contributed by atoms with E-state index in [2.05, 4.69) is 41.5 Å². The molecule has 4 nitrogen and oxygen atoms in total. The molecule has 0 aliphatic carbocycles. The summed E-state index contributed by atoms with van der Waals surface area (Å²) in [5, 5.41) is 6.20. The summed E-state index contributed by atoms with van der Waals surface area (Å²) in [6, 6.07) is 8.88. The number of hydrogen-bond donors (Lipinski definition) is 2. The van der Waals surface area contributed by atoms with Crippen molar-refractivity contribution in [1.29, 1.82) is 0 Å². The van der Waals surface area contributed by atoms with E-state index in [0.717, 1.165) is 31.5 Å². The van der Waals surface area contributed by atoms with Crippen LogP contribution in [0.1, 0.15) is 58.8 Å². The Bertz CT molecular complexity index is 544. The SMILES string of the molecule is CCCCCC(=O)NC(=S)Nc1ccc(N2CCCCC2C)cc1. The number of hydrogen-bond acceptors (Lipinski definition) is 3. The second-order valence-electron chi connectivity index (χ2n) is 6.54. The minimum atomic E-state index is -0.0142. The highest BCUT2D eigenvalue weighted by molar-refractivity contribution is 7.80. The van der Waals surface area contributed by atoms with Crippen molar-refractivity contribution in [2.45, 2.75) is 64.8 Å². The lowest BCUT2D eigenvalue weighted by molar-refractivity contribution is -0.119. The van der Waals surface area contributed by atoms with Gasteiger partial charge in [0, 0.05) is 30.4 Å². The van der Waals surface area contributed by atoms with E-state index in [1.165, 1.54) is 24.9 Å². The number of benzene rings is 1. The van der Waals surface area contributed by atoms with Gasteiger partial charge in [-0.25, -0.2) is 0 Å². The van der Waals surface area contributed by atoms with Gasteiger partial charge in [-0.3, -0.25) is 4.79 Å². The van der Waals surface area contributed by atoms with E-state index >= 15 is 0 Å². The van der Waals surface area contributed by atoms with Gasteiger partial charge in [-0.15, -0.1) is 0 Å². The minimum Gasteiger partial charge on any atom is -0.369 e. The quantitative estimate of drug-likeness (QED) is 0.589. The van der Waals surface area contributed by atoms with Gasteiger partial charge in [0.25, 0.3) is 0 Å². The van der Waals surface area contributed by atoms with Gasteiger partial charge in [0.15, 0.2) is 5.11 Å². The number of carbonyl (C=O) groups excluding carboxylic acids is 1. The number of rotatable bonds is 6. The number of nitrogens with one attached hydrogen (secondary N) is 2. The van der Waals surface area contributed by atoms with Crippen molar-refractivity contribution >= 4 is 34.6 Å². The average molecular weight is 348 g/mol. The van der Waals surface area contributed by atoms with Gasteiger partial charge in [-0.1, -0.05) is 19.8 Å². The van der Waals surface area contributed by atoms with Crippen LogP contribution in [0.15, 0.2) is 24.3 Å². The summed E-state index contributed by atoms with van der Waals surface area (Å²) in [6.45, 7) is 5.53. The van der Waals surface area contributed by atoms with E-state index in [4.69, 9.17) is 12.2 Å². The summed E-state index contributed by atoms with van der Waals surface area (Å²) >= 11 is 5.21. The van der Waals surface area contributed by atoms with E-state index in [0.29, 0.717) is 17.6 Å². The van der Waals surface area contributed by atoms with E-state index in [9.17, 15) is 4.79 Å². The van der Waals surface area contributed by atoms with Crippen molar-refractivity contribution in [2.75, 3.05) is 16.8 Å². The third kappa shape index (κ3) is 5.78. The second-order valence-corrected chi connectivity index (χ2v) is 6.95. The largest absolute Gasteiger partial charge is 0.369 e. The van der Waals surface area contributed by atoms with Crippen LogP contribution in [0.4, 0.5) is 11.4 Å². The lowest BCUT2D eigenvalue weighted by atomic mass is 10.0. The smallest absolute Gasteiger partial charge is 0.226 e. The number of anilines is 2. The fourth-order valence-corrected chi connectivity index (χ4v) is 3.34. The van der Waals surface area contributed by atoms with Crippen LogP contribution in [0.5, 0.6) is 0 Å². The molecule has 0 radical (unpaired) electrons. The van der Waals surface area contributed by atoms with Gasteiger partial charge in [-0.05, 0) is 69.1 Å². The normalized spacial score (nSPS) is 17.4. The first kappa shape index (κ1) is 18.7. The molecule has 1 aromatic carbocycles. The van der Waals surface area contributed by atoms with E-state index in [1.807, 2.05) is 12.1 Å². The molecule has 2 N–H and O–H groups in total. The molecule has 1 fully saturated rings. The standard InChI is InChI=1S/C19H29N3OS/c1-3-4-5-9-18(23)21-19(24)20-16-10-12-17(13-11-16)22-14-7-6-8-15(22)2/h10-13,15H,3-9,14H2,1-2H3,(H2,20,21,23,24). The summed E-state index contributed by atoms with van der Waals surface area (Å²) in [4.78, 5) is 14.2. The van der Waals surface area contributed by atoms with Crippen molar-refractivity contribution < 1.29 is 4.79 Å². The molecule has 132 valence electrons. The zero-order chi connectivity index (χ0) is 17.4. The van der Waals surface area contributed by atoms with Gasteiger partial charge in [-0.2, -0.15) is 0 Å². The van der Waals surface area contributed by atoms with Crippen molar-refractivity contribution in [2.24, 2.45) is 0 Å². The average Bonchev–Trinajstić information content (AvgIpc) is 2.56. The predicted octanol–water partition coefficient (Wildman–Crippen LogP) is 4.46. The Kier molecular flexibility index (Phi) is 7.50. The maximum atomic E-state index is 11.8. The number of carbonyl (C=O) groups is 1. The van der Waals surface area contributed by atoms with E-state index in [-0.39, 0.29) is 5.91 Å². The molecule has 1 aliphatic rings. The number of amides is 1. The van der Waals surface area contributed by atoms with Crippen LogP contribution in [0, 0.1) is 0 Å². The van der Waals surface area contributed by atoms with Gasteiger partial charge < -0.3 is 15.5 Å². The zero-order valence-electron chi connectivity index (χ0n) is 14.8. The zero-order valence-corrected chi connectivity index (χ0v) is 15.6. The van der Waals surface area contributed by atoms with Gasteiger partial charge in [0.2, 0.25) is 5.91 Å². The molecule has 1 atom stereocenters. The van der Waals surface area contributed by atoms with Gasteiger partial charge >= 0.3 is 0 Å². The van der Waals surface area contributed by atoms with Gasteiger partial charge in [0.1, 0.15) is 0 Å². The number of thiocarbonyl (C=S) groups is 1. The summed E-state index contributed by atoms with van der Waals surface area (Å²) in [7, 11) is 0. The number of unbranched alkanes of at least 4 members (excludes halogenated alkanes) is 2. The first-order valence-corrected chi connectivity index (χ1v) is 9.48. The Morgan fingerprint density at radius 3 is 2.67 bits per heavy atom. The second kappa shape index (κ2) is 9.62. The highest BCUT2D eigenvalue weighted by Crippen LogP contribution is 2.25. The minimum absolute atomic E-state index is 0.0142. The molecular weight excluding hydrogens is 318 g/mol. The molecular formula is C19H29N3OS. The van der Waals surface area contributed by atoms with Crippen LogP contribution < -0.4 is 15.5 Å². The van der Waals surface area contributed by atoms with Crippen LogP contribution in [0.25, 0.3) is 0 Å². The molecule has 0 spiro atoms. The van der Waals surface area contributed by atoms with Crippen LogP contribution in [-0.4, -0.2) is 23.6 Å². The topological polar surface area (TPSA) is 44.4 Å². The molecule has 24 heavy (non-hydrogen) atoms. The van der Waals surface area contributed by atoms with Crippen molar-refractivity contribution in [3.05, 3.63) is 24.3 Å². The Labute approximate surface area is 151 Å². The molecule has 0 saturated carbocycles. The molecule has 1 aromatic rings. The first-order chi connectivity index (χ1) is 11.6. The highest BCUT2D eigenvalue weighted by atomic mass is 32.1. The van der Waals surface area contributed by atoms with Gasteiger partial charge in [0.05, 0.1) is 0 Å². The summed E-state index contributed by atoms with van der Waals surface area (Å²) in [5.74, 6) is -0.0142. The Morgan fingerprint density at radius 2 is 2.00 bits per heavy atom. The Balaban J connectivity index is 1.82.